The number of amides is 2. The van der Waals surface area contributed by atoms with Gasteiger partial charge in [0.05, 0.1) is 17.3 Å². The van der Waals surface area contributed by atoms with E-state index in [1.807, 2.05) is 47.8 Å². The van der Waals surface area contributed by atoms with Crippen molar-refractivity contribution in [3.8, 4) is 0 Å². The lowest BCUT2D eigenvalue weighted by molar-refractivity contribution is 0.161. The monoisotopic (exact) mass is 338 g/mol. The number of rotatable bonds is 2. The molecule has 1 aromatic carbocycles. The third-order valence-electron chi connectivity index (χ3n) is 5.03. The molecule has 0 bridgehead atoms. The van der Waals surface area contributed by atoms with Crippen molar-refractivity contribution in [2.75, 3.05) is 11.9 Å². The Bertz CT molecular complexity index is 898. The van der Waals surface area contributed by atoms with Crippen molar-refractivity contribution in [1.29, 1.82) is 0 Å². The van der Waals surface area contributed by atoms with Crippen molar-refractivity contribution in [2.24, 2.45) is 7.05 Å². The van der Waals surface area contributed by atoms with Gasteiger partial charge >= 0.3 is 6.03 Å². The summed E-state index contributed by atoms with van der Waals surface area (Å²) in [6.07, 6.45) is 4.83. The molecule has 0 saturated carbocycles. The van der Waals surface area contributed by atoms with Crippen LogP contribution in [-0.2, 0) is 7.05 Å². The van der Waals surface area contributed by atoms with Gasteiger partial charge in [-0.3, -0.25) is 9.78 Å². The minimum atomic E-state index is -0.0775. The zero-order chi connectivity index (χ0) is 17.4. The number of anilines is 1. The number of aromatic nitrogens is 4. The smallest absolute Gasteiger partial charge is 0.316 e. The third kappa shape index (κ3) is 2.86. The molecule has 1 atom stereocenters. The van der Waals surface area contributed by atoms with E-state index in [-0.39, 0.29) is 12.1 Å². The first kappa shape index (κ1) is 15.7. The molecular formula is C18H22N6O. The Morgan fingerprint density at radius 1 is 1.32 bits per heavy atom. The molecule has 25 heavy (non-hydrogen) atoms. The predicted molar refractivity (Wildman–Crippen MR) is 96.4 cm³/mol. The highest BCUT2D eigenvalue weighted by atomic mass is 16.2. The van der Waals surface area contributed by atoms with E-state index >= 15 is 0 Å². The maximum Gasteiger partial charge on any atom is 0.322 e. The summed E-state index contributed by atoms with van der Waals surface area (Å²) in [7, 11) is 1.93. The Morgan fingerprint density at radius 3 is 3.00 bits per heavy atom. The zero-order valence-corrected chi connectivity index (χ0v) is 14.5. The lowest BCUT2D eigenvalue weighted by atomic mass is 10.00. The summed E-state index contributed by atoms with van der Waals surface area (Å²) in [5.41, 5.74) is 3.76. The lowest BCUT2D eigenvalue weighted by Gasteiger charge is -2.35. The van der Waals surface area contributed by atoms with Crippen molar-refractivity contribution in [3.05, 3.63) is 41.9 Å². The van der Waals surface area contributed by atoms with Gasteiger partial charge in [0.1, 0.15) is 0 Å². The molecule has 130 valence electrons. The third-order valence-corrected chi connectivity index (χ3v) is 5.03. The minimum absolute atomic E-state index is 0.0528. The lowest BCUT2D eigenvalue weighted by Crippen LogP contribution is -2.41. The van der Waals surface area contributed by atoms with E-state index in [0.717, 1.165) is 53.8 Å². The number of H-pyrrole nitrogens is 1. The van der Waals surface area contributed by atoms with Crippen molar-refractivity contribution in [2.45, 2.75) is 32.2 Å². The molecule has 0 aliphatic carbocycles. The first-order valence-electron chi connectivity index (χ1n) is 8.64. The number of benzene rings is 1. The van der Waals surface area contributed by atoms with E-state index in [2.05, 4.69) is 20.6 Å². The fourth-order valence-corrected chi connectivity index (χ4v) is 3.55. The van der Waals surface area contributed by atoms with Crippen molar-refractivity contribution in [1.82, 2.24) is 24.9 Å². The average molecular weight is 338 g/mol. The second-order valence-electron chi connectivity index (χ2n) is 6.59. The molecule has 2 N–H and O–H groups in total. The van der Waals surface area contributed by atoms with E-state index in [1.165, 1.54) is 0 Å². The van der Waals surface area contributed by atoms with Crippen LogP contribution in [0.1, 0.15) is 36.7 Å². The number of nitrogens with zero attached hydrogens (tertiary/aromatic N) is 4. The molecule has 0 spiro atoms. The second kappa shape index (κ2) is 6.23. The second-order valence-corrected chi connectivity index (χ2v) is 6.59. The fourth-order valence-electron chi connectivity index (χ4n) is 3.55. The van der Waals surface area contributed by atoms with Gasteiger partial charge in [0.25, 0.3) is 0 Å². The molecule has 2 aromatic heterocycles. The van der Waals surface area contributed by atoms with Gasteiger partial charge in [0, 0.05) is 36.6 Å². The molecule has 0 radical (unpaired) electrons. The number of likely N-dealkylation sites (tertiary alicyclic amines) is 1. The van der Waals surface area contributed by atoms with Crippen LogP contribution in [0.4, 0.5) is 10.5 Å². The number of urea groups is 1. The molecule has 2 amide bonds. The molecule has 1 fully saturated rings. The Morgan fingerprint density at radius 2 is 2.20 bits per heavy atom. The SMILES string of the molecule is Cc1c2ccc(NC(=O)N3CCCCC3c3ccn[nH]3)cc2nn1C. The Hall–Kier alpha value is -2.83. The van der Waals surface area contributed by atoms with Crippen LogP contribution in [0.25, 0.3) is 10.9 Å². The van der Waals surface area contributed by atoms with Crippen LogP contribution in [0.5, 0.6) is 0 Å². The molecule has 7 nitrogen and oxygen atoms in total. The number of nitrogens with one attached hydrogen (secondary N) is 2. The van der Waals surface area contributed by atoms with Crippen molar-refractivity contribution >= 4 is 22.6 Å². The van der Waals surface area contributed by atoms with Crippen LogP contribution in [0.3, 0.4) is 0 Å². The Kier molecular flexibility index (Phi) is 3.91. The van der Waals surface area contributed by atoms with Crippen LogP contribution >= 0.6 is 0 Å². The molecule has 1 saturated heterocycles. The summed E-state index contributed by atoms with van der Waals surface area (Å²) in [4.78, 5) is 14.7. The van der Waals surface area contributed by atoms with Gasteiger partial charge in [-0.05, 0) is 50.5 Å². The summed E-state index contributed by atoms with van der Waals surface area (Å²) in [5.74, 6) is 0. The maximum atomic E-state index is 12.8. The van der Waals surface area contributed by atoms with Crippen LogP contribution in [0.2, 0.25) is 0 Å². The number of aryl methyl sites for hydroxylation is 2. The quantitative estimate of drug-likeness (QED) is 0.752. The van der Waals surface area contributed by atoms with Crippen LogP contribution < -0.4 is 5.32 Å². The Balaban J connectivity index is 1.56. The number of carbonyl (C=O) groups excluding carboxylic acids is 1. The molecule has 1 aliphatic heterocycles. The van der Waals surface area contributed by atoms with E-state index in [0.29, 0.717) is 0 Å². The standard InChI is InChI=1S/C18H22N6O/c1-12-14-7-6-13(11-16(14)22-23(12)2)20-18(25)24-10-4-3-5-17(24)15-8-9-19-21-15/h6-9,11,17H,3-5,10H2,1-2H3,(H,19,21)(H,20,25). The zero-order valence-electron chi connectivity index (χ0n) is 14.5. The maximum absolute atomic E-state index is 12.8. The van der Waals surface area contributed by atoms with E-state index in [1.54, 1.807) is 6.20 Å². The highest BCUT2D eigenvalue weighted by molar-refractivity contribution is 5.93. The summed E-state index contributed by atoms with van der Waals surface area (Å²) in [6.45, 7) is 2.79. The highest BCUT2D eigenvalue weighted by Gasteiger charge is 2.29. The molecule has 4 rings (SSSR count). The van der Waals surface area contributed by atoms with Gasteiger partial charge in [-0.1, -0.05) is 0 Å². The highest BCUT2D eigenvalue weighted by Crippen LogP contribution is 2.30. The van der Waals surface area contributed by atoms with Gasteiger partial charge in [-0.2, -0.15) is 10.2 Å². The summed E-state index contributed by atoms with van der Waals surface area (Å²) in [6, 6.07) is 7.79. The van der Waals surface area contributed by atoms with Crippen LogP contribution in [-0.4, -0.2) is 37.5 Å². The molecular weight excluding hydrogens is 316 g/mol. The summed E-state index contributed by atoms with van der Waals surface area (Å²) in [5, 5.41) is 15.7. The molecule has 1 unspecified atom stereocenters. The number of piperidine rings is 1. The number of fused-ring (bicyclic) bond motifs is 1. The number of aromatic amines is 1. The largest absolute Gasteiger partial charge is 0.322 e. The summed E-state index contributed by atoms with van der Waals surface area (Å²) >= 11 is 0. The normalized spacial score (nSPS) is 17.8. The van der Waals surface area contributed by atoms with Crippen LogP contribution in [0, 0.1) is 6.92 Å². The number of hydrogen-bond donors (Lipinski definition) is 2. The van der Waals surface area contributed by atoms with Crippen LogP contribution in [0.15, 0.2) is 30.5 Å². The molecule has 3 heterocycles. The van der Waals surface area contributed by atoms with Gasteiger partial charge < -0.3 is 10.2 Å². The average Bonchev–Trinajstić information content (AvgIpc) is 3.24. The van der Waals surface area contributed by atoms with Gasteiger partial charge in [-0.15, -0.1) is 0 Å². The molecule has 3 aromatic rings. The predicted octanol–water partition coefficient (Wildman–Crippen LogP) is 3.36. The van der Waals surface area contributed by atoms with Crippen molar-refractivity contribution < 1.29 is 4.79 Å². The minimum Gasteiger partial charge on any atom is -0.316 e. The first-order chi connectivity index (χ1) is 12.1. The van der Waals surface area contributed by atoms with Gasteiger partial charge in [-0.25, -0.2) is 4.79 Å². The topological polar surface area (TPSA) is 78.8 Å². The van der Waals surface area contributed by atoms with E-state index in [9.17, 15) is 4.79 Å². The molecule has 1 aliphatic rings. The van der Waals surface area contributed by atoms with E-state index in [4.69, 9.17) is 0 Å². The van der Waals surface area contributed by atoms with Gasteiger partial charge in [0.2, 0.25) is 0 Å². The first-order valence-corrected chi connectivity index (χ1v) is 8.64. The fraction of sp³-hybridized carbons (Fsp3) is 0.389. The Labute approximate surface area is 146 Å². The number of hydrogen-bond acceptors (Lipinski definition) is 3. The number of carbonyl (C=O) groups is 1. The van der Waals surface area contributed by atoms with Crippen molar-refractivity contribution in [3.63, 3.8) is 0 Å². The molecule has 7 heteroatoms. The van der Waals surface area contributed by atoms with Gasteiger partial charge in [0.15, 0.2) is 0 Å². The summed E-state index contributed by atoms with van der Waals surface area (Å²) < 4.78 is 1.86. The van der Waals surface area contributed by atoms with E-state index < -0.39 is 0 Å².